The number of thiazole rings is 1. The van der Waals surface area contributed by atoms with Gasteiger partial charge in [0.25, 0.3) is 0 Å². The number of ether oxygens (including phenoxy) is 4. The van der Waals surface area contributed by atoms with Gasteiger partial charge in [-0.25, -0.2) is 9.78 Å². The first-order valence-corrected chi connectivity index (χ1v) is 14.3. The molecule has 1 N–H and O–H groups in total. The van der Waals surface area contributed by atoms with Crippen LogP contribution in [0, 0.1) is 6.92 Å². The van der Waals surface area contributed by atoms with Gasteiger partial charge in [-0.2, -0.15) is 0 Å². The summed E-state index contributed by atoms with van der Waals surface area (Å²) in [5.74, 6) is -0.715. The third-order valence-corrected chi connectivity index (χ3v) is 7.78. The molecule has 0 bridgehead atoms. The van der Waals surface area contributed by atoms with Crippen LogP contribution in [0.5, 0.6) is 11.5 Å². The monoisotopic (exact) mass is 614 g/mol. The molecule has 3 aromatic carbocycles. The van der Waals surface area contributed by atoms with Crippen LogP contribution in [0.2, 0.25) is 0 Å². The Morgan fingerprint density at radius 3 is 2.30 bits per heavy atom. The zero-order valence-corrected chi connectivity index (χ0v) is 24.0. The first kappa shape index (κ1) is 30.3. The molecule has 0 spiro atoms. The fourth-order valence-electron chi connectivity index (χ4n) is 4.59. The minimum Gasteiger partial charge on any atom is -0.486 e. The molecule has 12 heteroatoms. The van der Waals surface area contributed by atoms with Gasteiger partial charge >= 0.3 is 12.3 Å². The topological polar surface area (TPSA) is 90.4 Å². The van der Waals surface area contributed by atoms with Crippen LogP contribution in [0.15, 0.2) is 66.7 Å². The van der Waals surface area contributed by atoms with Gasteiger partial charge in [0.05, 0.1) is 30.4 Å². The molecule has 0 amide bonds. The van der Waals surface area contributed by atoms with Crippen molar-refractivity contribution in [1.82, 2.24) is 4.98 Å². The molecule has 0 unspecified atom stereocenters. The van der Waals surface area contributed by atoms with Crippen molar-refractivity contribution in [3.05, 3.63) is 82.9 Å². The van der Waals surface area contributed by atoms with Gasteiger partial charge in [-0.3, -0.25) is 0 Å². The lowest BCUT2D eigenvalue weighted by molar-refractivity contribution is -0.274. The molecule has 4 aromatic rings. The molecule has 1 aromatic heterocycles. The lowest BCUT2D eigenvalue weighted by Crippen LogP contribution is -2.36. The summed E-state index contributed by atoms with van der Waals surface area (Å²) < 4.78 is 58.8. The Kier molecular flexibility index (Phi) is 9.49. The molecule has 1 fully saturated rings. The summed E-state index contributed by atoms with van der Waals surface area (Å²) in [6, 6.07) is 19.2. The maximum Gasteiger partial charge on any atom is 0.573 e. The van der Waals surface area contributed by atoms with E-state index in [1.165, 1.54) is 23.5 Å². The van der Waals surface area contributed by atoms with Crippen molar-refractivity contribution in [3.63, 3.8) is 0 Å². The quantitative estimate of drug-likeness (QED) is 0.200. The fraction of sp³-hybridized carbons (Fsp3) is 0.290. The number of rotatable bonds is 11. The van der Waals surface area contributed by atoms with Crippen LogP contribution >= 0.6 is 11.3 Å². The summed E-state index contributed by atoms with van der Waals surface area (Å²) >= 11 is 1.40. The molecular weight excluding hydrogens is 585 g/mol. The number of hydrogen-bond donors (Lipinski definition) is 1. The number of carboxylic acid groups (broad SMARTS) is 1. The summed E-state index contributed by atoms with van der Waals surface area (Å²) in [4.78, 5) is 18.6. The van der Waals surface area contributed by atoms with Crippen molar-refractivity contribution in [2.24, 2.45) is 0 Å². The van der Waals surface area contributed by atoms with E-state index < -0.39 is 12.3 Å². The molecular formula is C31H29F3N2O6S. The highest BCUT2D eigenvalue weighted by Gasteiger charge is 2.31. The summed E-state index contributed by atoms with van der Waals surface area (Å²) in [7, 11) is 0. The Morgan fingerprint density at radius 1 is 0.977 bits per heavy atom. The van der Waals surface area contributed by atoms with E-state index in [-0.39, 0.29) is 25.6 Å². The van der Waals surface area contributed by atoms with Crippen molar-refractivity contribution in [2.45, 2.75) is 26.5 Å². The van der Waals surface area contributed by atoms with Crippen LogP contribution in [0.4, 0.5) is 18.9 Å². The lowest BCUT2D eigenvalue weighted by atomic mass is 10.1. The number of carbonyl (C=O) groups is 1. The molecule has 5 rings (SSSR count). The maximum atomic E-state index is 12.7. The Morgan fingerprint density at radius 2 is 1.65 bits per heavy atom. The van der Waals surface area contributed by atoms with Gasteiger partial charge in [-0.1, -0.05) is 18.2 Å². The Balaban J connectivity index is 1.37. The number of carboxylic acids is 1. The van der Waals surface area contributed by atoms with E-state index >= 15 is 0 Å². The number of halogens is 3. The molecule has 2 heterocycles. The Bertz CT molecular complexity index is 1530. The molecule has 0 saturated carbocycles. The van der Waals surface area contributed by atoms with Gasteiger partial charge < -0.3 is 29.0 Å². The van der Waals surface area contributed by atoms with Gasteiger partial charge in [-0.05, 0) is 72.1 Å². The minimum absolute atomic E-state index is 0.174. The van der Waals surface area contributed by atoms with Crippen molar-refractivity contribution in [1.29, 1.82) is 0 Å². The highest BCUT2D eigenvalue weighted by molar-refractivity contribution is 7.15. The van der Waals surface area contributed by atoms with Crippen molar-refractivity contribution >= 4 is 23.0 Å². The van der Waals surface area contributed by atoms with E-state index in [9.17, 15) is 18.0 Å². The Hall–Kier alpha value is -4.13. The van der Waals surface area contributed by atoms with Crippen LogP contribution in [-0.2, 0) is 27.5 Å². The molecule has 43 heavy (non-hydrogen) atoms. The van der Waals surface area contributed by atoms with Gasteiger partial charge in [-0.15, -0.1) is 24.5 Å². The number of anilines is 1. The van der Waals surface area contributed by atoms with Gasteiger partial charge in [0.1, 0.15) is 29.7 Å². The van der Waals surface area contributed by atoms with E-state index in [4.69, 9.17) is 24.3 Å². The normalized spacial score (nSPS) is 13.6. The number of hydrogen-bond acceptors (Lipinski definition) is 8. The van der Waals surface area contributed by atoms with Crippen LogP contribution in [-0.4, -0.2) is 55.3 Å². The van der Waals surface area contributed by atoms with Gasteiger partial charge in [0.2, 0.25) is 0 Å². The molecule has 1 aliphatic heterocycles. The zero-order valence-electron chi connectivity index (χ0n) is 23.2. The van der Waals surface area contributed by atoms with Crippen LogP contribution in [0.3, 0.4) is 0 Å². The highest BCUT2D eigenvalue weighted by Crippen LogP contribution is 2.39. The number of nitrogens with zero attached hydrogens (tertiary/aromatic N) is 2. The third-order valence-electron chi connectivity index (χ3n) is 6.70. The van der Waals surface area contributed by atoms with E-state index in [0.29, 0.717) is 35.2 Å². The number of aryl methyl sites for hydroxylation is 1. The molecule has 8 nitrogen and oxygen atoms in total. The molecule has 226 valence electrons. The number of morpholine rings is 1. The highest BCUT2D eigenvalue weighted by atomic mass is 32.1. The number of alkyl halides is 3. The summed E-state index contributed by atoms with van der Waals surface area (Å²) in [6.45, 7) is 4.84. The lowest BCUT2D eigenvalue weighted by Gasteiger charge is -2.28. The number of benzene rings is 3. The average molecular weight is 615 g/mol. The van der Waals surface area contributed by atoms with E-state index in [2.05, 4.69) is 9.64 Å². The molecule has 0 aliphatic carbocycles. The van der Waals surface area contributed by atoms with Crippen molar-refractivity contribution < 1.29 is 42.0 Å². The van der Waals surface area contributed by atoms with Crippen LogP contribution in [0.25, 0.3) is 21.7 Å². The summed E-state index contributed by atoms with van der Waals surface area (Å²) in [5, 5.41) is 9.45. The summed E-state index contributed by atoms with van der Waals surface area (Å²) in [5.41, 5.74) is 5.09. The smallest absolute Gasteiger partial charge is 0.486 e. The SMILES string of the molecule is Cc1cc(OCc2nc(-c3ccc(N4CCOCC4)cc3)c(-c3ccc(OC(F)(F)F)cc3)s2)ccc1COCC(=O)O. The van der Waals surface area contributed by atoms with Crippen molar-refractivity contribution in [3.8, 4) is 33.2 Å². The van der Waals surface area contributed by atoms with Crippen LogP contribution < -0.4 is 14.4 Å². The number of aromatic nitrogens is 1. The van der Waals surface area contributed by atoms with Gasteiger partial charge in [0, 0.05) is 24.3 Å². The standard InChI is InChI=1S/C31H29F3N2O6S/c1-20-16-26(11-6-23(20)17-40-19-28(37)38)41-18-27-35-29(21-2-7-24(8-3-21)36-12-14-39-15-13-36)30(43-27)22-4-9-25(10-5-22)42-31(32,33)34/h2-11,16H,12-15,17-19H2,1H3,(H,37,38). The average Bonchev–Trinajstić information content (AvgIpc) is 3.41. The maximum absolute atomic E-state index is 12.7. The van der Waals surface area contributed by atoms with Crippen molar-refractivity contribution in [2.75, 3.05) is 37.8 Å². The second kappa shape index (κ2) is 13.4. The zero-order chi connectivity index (χ0) is 30.4. The van der Waals surface area contributed by atoms with Gasteiger partial charge in [0.15, 0.2) is 0 Å². The van der Waals surface area contributed by atoms with E-state index in [1.807, 2.05) is 43.3 Å². The largest absolute Gasteiger partial charge is 0.573 e. The van der Waals surface area contributed by atoms with E-state index in [0.717, 1.165) is 40.3 Å². The first-order chi connectivity index (χ1) is 20.6. The predicted octanol–water partition coefficient (Wildman–Crippen LogP) is 6.70. The fourth-order valence-corrected chi connectivity index (χ4v) is 5.60. The second-order valence-corrected chi connectivity index (χ2v) is 10.9. The minimum atomic E-state index is -4.77. The number of aliphatic carboxylic acids is 1. The molecule has 0 radical (unpaired) electrons. The van der Waals surface area contributed by atoms with Crippen LogP contribution in [0.1, 0.15) is 16.1 Å². The third kappa shape index (κ3) is 8.25. The summed E-state index contributed by atoms with van der Waals surface area (Å²) in [6.07, 6.45) is -4.77. The Labute approximate surface area is 250 Å². The molecule has 0 atom stereocenters. The molecule has 1 aliphatic rings. The predicted molar refractivity (Wildman–Crippen MR) is 156 cm³/mol. The van der Waals surface area contributed by atoms with E-state index in [1.54, 1.807) is 18.2 Å². The second-order valence-electron chi connectivity index (χ2n) is 9.77. The first-order valence-electron chi connectivity index (χ1n) is 13.5. The molecule has 1 saturated heterocycles.